The second-order valence-electron chi connectivity index (χ2n) is 8.37. The van der Waals surface area contributed by atoms with Gasteiger partial charge in [0, 0.05) is 38.4 Å². The summed E-state index contributed by atoms with van der Waals surface area (Å²) in [4.78, 5) is 15.6. The average molecular weight is 403 g/mol. The fraction of sp³-hybridized carbons (Fsp3) is 0.360. The fourth-order valence-electron chi connectivity index (χ4n) is 4.55. The summed E-state index contributed by atoms with van der Waals surface area (Å²) >= 11 is 0. The van der Waals surface area contributed by atoms with Crippen molar-refractivity contribution in [1.29, 1.82) is 0 Å². The summed E-state index contributed by atoms with van der Waals surface area (Å²) in [5, 5.41) is 7.38. The van der Waals surface area contributed by atoms with Crippen LogP contribution in [0, 0.1) is 5.41 Å². The number of aromatic nitrogens is 2. The van der Waals surface area contributed by atoms with E-state index in [1.807, 2.05) is 30.9 Å². The van der Waals surface area contributed by atoms with E-state index in [0.29, 0.717) is 6.54 Å². The van der Waals surface area contributed by atoms with Crippen LogP contribution in [0.3, 0.4) is 0 Å². The van der Waals surface area contributed by atoms with Crippen LogP contribution in [0.1, 0.15) is 24.5 Å². The predicted molar refractivity (Wildman–Crippen MR) is 120 cm³/mol. The summed E-state index contributed by atoms with van der Waals surface area (Å²) in [7, 11) is 1.94. The number of amides is 1. The lowest BCUT2D eigenvalue weighted by molar-refractivity contribution is -0.130. The highest BCUT2D eigenvalue weighted by molar-refractivity contribution is 5.83. The van der Waals surface area contributed by atoms with Crippen molar-refractivity contribution in [2.24, 2.45) is 12.5 Å². The van der Waals surface area contributed by atoms with Crippen LogP contribution in [-0.4, -0.2) is 40.2 Å². The molecule has 30 heavy (non-hydrogen) atoms. The van der Waals surface area contributed by atoms with Gasteiger partial charge < -0.3 is 5.32 Å². The number of carbonyl (C=O) groups is 1. The minimum absolute atomic E-state index is 0.170. The standard InChI is InChI=1S/C25H30N4O/c1-3-26-24(30)25(12-13-29(19-25)18-21-16-27-28(2)17-21)15-20-8-7-11-23(14-20)22-9-5-4-6-10-22/h4-11,14,16-17H,3,12-13,15,18-19H2,1-2H3,(H,26,30)/t25-/m1/s1. The van der Waals surface area contributed by atoms with Gasteiger partial charge in [0.15, 0.2) is 0 Å². The minimum atomic E-state index is -0.395. The van der Waals surface area contributed by atoms with E-state index in [2.05, 4.69) is 70.0 Å². The Morgan fingerprint density at radius 1 is 1.10 bits per heavy atom. The van der Waals surface area contributed by atoms with Crippen LogP contribution in [0.5, 0.6) is 0 Å². The van der Waals surface area contributed by atoms with Gasteiger partial charge in [-0.15, -0.1) is 0 Å². The number of nitrogens with zero attached hydrogens (tertiary/aromatic N) is 3. The smallest absolute Gasteiger partial charge is 0.227 e. The zero-order valence-electron chi connectivity index (χ0n) is 17.8. The minimum Gasteiger partial charge on any atom is -0.356 e. The first-order chi connectivity index (χ1) is 14.6. The maximum absolute atomic E-state index is 13.2. The highest BCUT2D eigenvalue weighted by atomic mass is 16.2. The number of hydrogen-bond acceptors (Lipinski definition) is 3. The van der Waals surface area contributed by atoms with Gasteiger partial charge in [-0.1, -0.05) is 54.6 Å². The van der Waals surface area contributed by atoms with E-state index >= 15 is 0 Å². The molecular weight excluding hydrogens is 372 g/mol. The van der Waals surface area contributed by atoms with Crippen molar-refractivity contribution in [3.63, 3.8) is 0 Å². The Morgan fingerprint density at radius 3 is 2.63 bits per heavy atom. The number of aryl methyl sites for hydroxylation is 1. The van der Waals surface area contributed by atoms with Gasteiger partial charge in [0.2, 0.25) is 5.91 Å². The molecule has 1 saturated heterocycles. The summed E-state index contributed by atoms with van der Waals surface area (Å²) in [5.74, 6) is 0.170. The highest BCUT2D eigenvalue weighted by Crippen LogP contribution is 2.36. The molecular formula is C25H30N4O. The summed E-state index contributed by atoms with van der Waals surface area (Å²) in [6, 6.07) is 19.0. The largest absolute Gasteiger partial charge is 0.356 e. The summed E-state index contributed by atoms with van der Waals surface area (Å²) in [6.45, 7) is 5.17. The number of hydrogen-bond donors (Lipinski definition) is 1. The molecule has 1 amide bonds. The van der Waals surface area contributed by atoms with E-state index in [9.17, 15) is 4.79 Å². The molecule has 2 heterocycles. The third kappa shape index (κ3) is 4.46. The molecule has 1 aliphatic rings. The van der Waals surface area contributed by atoms with Crippen LogP contribution < -0.4 is 5.32 Å². The Hall–Kier alpha value is -2.92. The topological polar surface area (TPSA) is 50.2 Å². The van der Waals surface area contributed by atoms with Crippen molar-refractivity contribution in [1.82, 2.24) is 20.0 Å². The molecule has 1 atom stereocenters. The lowest BCUT2D eigenvalue weighted by Crippen LogP contribution is -2.44. The van der Waals surface area contributed by atoms with Crippen molar-refractivity contribution >= 4 is 5.91 Å². The van der Waals surface area contributed by atoms with E-state index < -0.39 is 5.41 Å². The normalized spacial score (nSPS) is 19.1. The molecule has 1 fully saturated rings. The van der Waals surface area contributed by atoms with Crippen LogP contribution in [0.4, 0.5) is 0 Å². The molecule has 0 unspecified atom stereocenters. The number of rotatable bonds is 7. The van der Waals surface area contributed by atoms with Gasteiger partial charge in [0.05, 0.1) is 11.6 Å². The first-order valence-corrected chi connectivity index (χ1v) is 10.7. The van der Waals surface area contributed by atoms with Crippen LogP contribution in [0.2, 0.25) is 0 Å². The van der Waals surface area contributed by atoms with Gasteiger partial charge in [0.1, 0.15) is 0 Å². The number of likely N-dealkylation sites (tertiary alicyclic amines) is 1. The van der Waals surface area contributed by atoms with Gasteiger partial charge >= 0.3 is 0 Å². The average Bonchev–Trinajstić information content (AvgIpc) is 3.36. The van der Waals surface area contributed by atoms with E-state index in [-0.39, 0.29) is 5.91 Å². The third-order valence-corrected chi connectivity index (χ3v) is 5.99. The lowest BCUT2D eigenvalue weighted by Gasteiger charge is -2.28. The molecule has 1 N–H and O–H groups in total. The highest BCUT2D eigenvalue weighted by Gasteiger charge is 2.44. The second-order valence-corrected chi connectivity index (χ2v) is 8.37. The maximum atomic E-state index is 13.2. The molecule has 3 aromatic rings. The van der Waals surface area contributed by atoms with Crippen LogP contribution in [0.15, 0.2) is 67.0 Å². The summed E-state index contributed by atoms with van der Waals surface area (Å²) < 4.78 is 1.83. The molecule has 0 bridgehead atoms. The molecule has 0 aliphatic carbocycles. The van der Waals surface area contributed by atoms with Crippen molar-refractivity contribution in [3.8, 4) is 11.1 Å². The zero-order chi connectivity index (χ0) is 21.0. The van der Waals surface area contributed by atoms with E-state index in [0.717, 1.165) is 32.5 Å². The quantitative estimate of drug-likeness (QED) is 0.656. The van der Waals surface area contributed by atoms with Crippen LogP contribution in [-0.2, 0) is 24.8 Å². The molecule has 4 rings (SSSR count). The van der Waals surface area contributed by atoms with Crippen LogP contribution in [0.25, 0.3) is 11.1 Å². The Balaban J connectivity index is 1.55. The Labute approximate surface area is 178 Å². The van der Waals surface area contributed by atoms with E-state index in [1.165, 1.54) is 22.3 Å². The first-order valence-electron chi connectivity index (χ1n) is 10.7. The summed E-state index contributed by atoms with van der Waals surface area (Å²) in [6.07, 6.45) is 5.59. The van der Waals surface area contributed by atoms with Gasteiger partial charge in [-0.25, -0.2) is 0 Å². The zero-order valence-corrected chi connectivity index (χ0v) is 17.8. The molecule has 2 aromatic carbocycles. The second kappa shape index (κ2) is 8.84. The van der Waals surface area contributed by atoms with Gasteiger partial charge in [-0.3, -0.25) is 14.4 Å². The maximum Gasteiger partial charge on any atom is 0.227 e. The van der Waals surface area contributed by atoms with E-state index in [1.54, 1.807) is 0 Å². The van der Waals surface area contributed by atoms with E-state index in [4.69, 9.17) is 0 Å². The lowest BCUT2D eigenvalue weighted by atomic mass is 9.79. The third-order valence-electron chi connectivity index (χ3n) is 5.99. The summed E-state index contributed by atoms with van der Waals surface area (Å²) in [5.41, 5.74) is 4.41. The first kappa shape index (κ1) is 20.4. The van der Waals surface area contributed by atoms with Crippen molar-refractivity contribution in [2.45, 2.75) is 26.3 Å². The SMILES string of the molecule is CCNC(=O)[C@@]1(Cc2cccc(-c3ccccc3)c2)CCN(Cc2cnn(C)c2)C1. The monoisotopic (exact) mass is 402 g/mol. The molecule has 0 radical (unpaired) electrons. The number of nitrogens with one attached hydrogen (secondary N) is 1. The van der Waals surface area contributed by atoms with Crippen LogP contribution >= 0.6 is 0 Å². The molecule has 0 spiro atoms. The molecule has 0 saturated carbocycles. The molecule has 1 aromatic heterocycles. The van der Waals surface area contributed by atoms with Crippen molar-refractivity contribution < 1.29 is 4.79 Å². The van der Waals surface area contributed by atoms with Crippen molar-refractivity contribution in [2.75, 3.05) is 19.6 Å². The Morgan fingerprint density at radius 2 is 1.90 bits per heavy atom. The number of carbonyl (C=O) groups excluding carboxylic acids is 1. The predicted octanol–water partition coefficient (Wildman–Crippen LogP) is 3.66. The van der Waals surface area contributed by atoms with Crippen molar-refractivity contribution in [3.05, 3.63) is 78.1 Å². The Bertz CT molecular complexity index is 997. The molecule has 1 aliphatic heterocycles. The Kier molecular flexibility index (Phi) is 6.00. The fourth-order valence-corrected chi connectivity index (χ4v) is 4.55. The van der Waals surface area contributed by atoms with Gasteiger partial charge in [0.25, 0.3) is 0 Å². The van der Waals surface area contributed by atoms with Gasteiger partial charge in [-0.05, 0) is 43.0 Å². The molecule has 5 heteroatoms. The van der Waals surface area contributed by atoms with Gasteiger partial charge in [-0.2, -0.15) is 5.10 Å². The molecule has 156 valence electrons. The number of benzene rings is 2. The molecule has 5 nitrogen and oxygen atoms in total.